The van der Waals surface area contributed by atoms with Crippen LogP contribution in [0.1, 0.15) is 59.8 Å². The molecule has 0 aromatic carbocycles. The summed E-state index contributed by atoms with van der Waals surface area (Å²) in [5.74, 6) is -0.611. The number of likely N-dealkylation sites (tertiary alicyclic amines) is 1. The van der Waals surface area contributed by atoms with E-state index in [1.807, 2.05) is 11.8 Å². The number of carbonyl (C=O) groups excluding carboxylic acids is 2. The van der Waals surface area contributed by atoms with Gasteiger partial charge < -0.3 is 14.9 Å². The van der Waals surface area contributed by atoms with Crippen LogP contribution in [0.5, 0.6) is 0 Å². The van der Waals surface area contributed by atoms with Crippen molar-refractivity contribution in [1.82, 2.24) is 15.1 Å². The summed E-state index contributed by atoms with van der Waals surface area (Å²) in [6, 6.07) is -0.337. The minimum atomic E-state index is -1.00. The Bertz CT molecular complexity index is 541. The van der Waals surface area contributed by atoms with Crippen LogP contribution in [0.3, 0.4) is 0 Å². The minimum Gasteiger partial charge on any atom is -0.480 e. The highest BCUT2D eigenvalue weighted by atomic mass is 16.4. The second-order valence-corrected chi connectivity index (χ2v) is 8.19. The molecule has 2 aliphatic rings. The predicted octanol–water partition coefficient (Wildman–Crippen LogP) is 1.67. The van der Waals surface area contributed by atoms with Crippen molar-refractivity contribution >= 4 is 17.8 Å². The second kappa shape index (κ2) is 8.37. The lowest BCUT2D eigenvalue weighted by atomic mass is 9.94. The number of nitrogens with one attached hydrogen (secondary N) is 1. The maximum atomic E-state index is 12.8. The number of hydrogen-bond acceptors (Lipinski definition) is 4. The highest BCUT2D eigenvalue weighted by molar-refractivity contribution is 5.88. The average Bonchev–Trinajstić information content (AvgIpc) is 2.80. The number of carboxylic acids is 1. The van der Waals surface area contributed by atoms with Crippen LogP contribution in [0, 0.1) is 11.8 Å². The molecule has 0 aromatic heterocycles. The van der Waals surface area contributed by atoms with Gasteiger partial charge in [0.05, 0.1) is 11.7 Å². The van der Waals surface area contributed by atoms with Gasteiger partial charge in [-0.15, -0.1) is 0 Å². The third-order valence-corrected chi connectivity index (χ3v) is 5.57. The molecule has 0 aliphatic carbocycles. The van der Waals surface area contributed by atoms with Crippen molar-refractivity contribution in [1.29, 1.82) is 0 Å². The summed E-state index contributed by atoms with van der Waals surface area (Å²) in [4.78, 5) is 40.0. The lowest BCUT2D eigenvalue weighted by Crippen LogP contribution is -2.60. The zero-order valence-corrected chi connectivity index (χ0v) is 16.5. The van der Waals surface area contributed by atoms with Crippen molar-refractivity contribution < 1.29 is 19.5 Å². The highest BCUT2D eigenvalue weighted by Crippen LogP contribution is 2.34. The number of nitrogens with zero attached hydrogens (tertiary/aromatic N) is 2. The van der Waals surface area contributed by atoms with Gasteiger partial charge in [-0.1, -0.05) is 34.1 Å². The molecule has 2 unspecified atom stereocenters. The van der Waals surface area contributed by atoms with Gasteiger partial charge in [-0.05, 0) is 18.8 Å². The Kier molecular flexibility index (Phi) is 6.66. The molecule has 148 valence electrons. The van der Waals surface area contributed by atoms with E-state index in [0.29, 0.717) is 38.3 Å². The van der Waals surface area contributed by atoms with Crippen molar-refractivity contribution in [2.75, 3.05) is 19.6 Å². The first-order chi connectivity index (χ1) is 12.2. The monoisotopic (exact) mass is 367 g/mol. The van der Waals surface area contributed by atoms with E-state index in [0.717, 1.165) is 12.8 Å². The number of piperidine rings is 1. The van der Waals surface area contributed by atoms with Gasteiger partial charge in [0.15, 0.2) is 0 Å². The Morgan fingerprint density at radius 2 is 1.88 bits per heavy atom. The third-order valence-electron chi connectivity index (χ3n) is 5.57. The number of carboxylic acid groups (broad SMARTS) is 1. The fraction of sp³-hybridized carbons (Fsp3) is 0.842. The normalized spacial score (nSPS) is 23.7. The molecule has 2 amide bonds. The van der Waals surface area contributed by atoms with E-state index >= 15 is 0 Å². The van der Waals surface area contributed by atoms with Gasteiger partial charge >= 0.3 is 5.97 Å². The fourth-order valence-corrected chi connectivity index (χ4v) is 4.24. The van der Waals surface area contributed by atoms with Gasteiger partial charge in [0.2, 0.25) is 11.8 Å². The first kappa shape index (κ1) is 20.7. The fourth-order valence-electron chi connectivity index (χ4n) is 4.24. The number of rotatable bonds is 7. The van der Waals surface area contributed by atoms with Crippen LogP contribution in [0.2, 0.25) is 0 Å². The lowest BCUT2D eigenvalue weighted by molar-refractivity contribution is -0.149. The molecular weight excluding hydrogens is 334 g/mol. The second-order valence-electron chi connectivity index (χ2n) is 8.19. The number of carbonyl (C=O) groups is 3. The van der Waals surface area contributed by atoms with E-state index in [4.69, 9.17) is 0 Å². The topological polar surface area (TPSA) is 90.0 Å². The molecule has 0 bridgehead atoms. The van der Waals surface area contributed by atoms with Crippen LogP contribution >= 0.6 is 0 Å². The zero-order chi connectivity index (χ0) is 19.5. The number of amides is 2. The molecule has 0 saturated carbocycles. The van der Waals surface area contributed by atoms with Crippen LogP contribution in [-0.2, 0) is 14.4 Å². The highest BCUT2D eigenvalue weighted by Gasteiger charge is 2.52. The first-order valence-electron chi connectivity index (χ1n) is 9.80. The molecule has 2 rings (SSSR count). The molecule has 2 fully saturated rings. The molecule has 2 aliphatic heterocycles. The Morgan fingerprint density at radius 1 is 1.27 bits per heavy atom. The summed E-state index contributed by atoms with van der Waals surface area (Å²) in [7, 11) is 0. The Balaban J connectivity index is 2.10. The standard InChI is InChI=1S/C19H33N3O4/c1-5-6-14(4)17(25)21-9-7-19(8-10-21)20-15(11-13(2)3)18(26)22(19)12-16(23)24/h13-15,20H,5-12H2,1-4H3,(H,23,24). The van der Waals surface area contributed by atoms with E-state index in [9.17, 15) is 19.5 Å². The minimum absolute atomic E-state index is 0.0102. The molecule has 2 N–H and O–H groups in total. The maximum Gasteiger partial charge on any atom is 0.323 e. The van der Waals surface area contributed by atoms with Gasteiger partial charge in [-0.2, -0.15) is 0 Å². The average molecular weight is 367 g/mol. The molecule has 2 saturated heterocycles. The quantitative estimate of drug-likeness (QED) is 0.714. The van der Waals surface area contributed by atoms with Crippen LogP contribution in [-0.4, -0.2) is 64.0 Å². The predicted molar refractivity (Wildman–Crippen MR) is 98.3 cm³/mol. The molecule has 2 atom stereocenters. The van der Waals surface area contributed by atoms with Crippen LogP contribution in [0.4, 0.5) is 0 Å². The van der Waals surface area contributed by atoms with Gasteiger partial charge in [-0.25, -0.2) is 0 Å². The molecule has 0 aromatic rings. The molecule has 2 heterocycles. The van der Waals surface area contributed by atoms with E-state index in [1.165, 1.54) is 4.90 Å². The van der Waals surface area contributed by atoms with E-state index in [1.54, 1.807) is 0 Å². The Hall–Kier alpha value is -1.63. The third kappa shape index (κ3) is 4.37. The molecule has 26 heavy (non-hydrogen) atoms. The van der Waals surface area contributed by atoms with Gasteiger partial charge in [0.25, 0.3) is 0 Å². The SMILES string of the molecule is CCCC(C)C(=O)N1CCC2(CC1)NC(CC(C)C)C(=O)N2CC(=O)O. The van der Waals surface area contributed by atoms with Crippen molar-refractivity contribution in [3.05, 3.63) is 0 Å². The first-order valence-corrected chi connectivity index (χ1v) is 9.80. The summed E-state index contributed by atoms with van der Waals surface area (Å²) < 4.78 is 0. The molecular formula is C19H33N3O4. The molecule has 7 heteroatoms. The summed E-state index contributed by atoms with van der Waals surface area (Å²) in [6.07, 6.45) is 3.69. The summed E-state index contributed by atoms with van der Waals surface area (Å²) >= 11 is 0. The van der Waals surface area contributed by atoms with Crippen molar-refractivity contribution in [3.8, 4) is 0 Å². The van der Waals surface area contributed by atoms with E-state index in [-0.39, 0.29) is 30.3 Å². The van der Waals surface area contributed by atoms with E-state index < -0.39 is 11.6 Å². The van der Waals surface area contributed by atoms with Gasteiger partial charge in [-0.3, -0.25) is 19.7 Å². The smallest absolute Gasteiger partial charge is 0.323 e. The molecule has 7 nitrogen and oxygen atoms in total. The summed E-state index contributed by atoms with van der Waals surface area (Å²) in [5, 5.41) is 12.7. The van der Waals surface area contributed by atoms with Crippen molar-refractivity contribution in [2.45, 2.75) is 71.5 Å². The van der Waals surface area contributed by atoms with Crippen LogP contribution in [0.25, 0.3) is 0 Å². The Morgan fingerprint density at radius 3 is 2.38 bits per heavy atom. The van der Waals surface area contributed by atoms with Crippen molar-refractivity contribution in [2.24, 2.45) is 11.8 Å². The zero-order valence-electron chi connectivity index (χ0n) is 16.5. The summed E-state index contributed by atoms with van der Waals surface area (Å²) in [6.45, 7) is 8.95. The number of hydrogen-bond donors (Lipinski definition) is 2. The van der Waals surface area contributed by atoms with Gasteiger partial charge in [0, 0.05) is 31.8 Å². The van der Waals surface area contributed by atoms with E-state index in [2.05, 4.69) is 26.1 Å². The molecule has 1 spiro atoms. The Labute approximate surface area is 156 Å². The lowest BCUT2D eigenvalue weighted by Gasteiger charge is -2.44. The van der Waals surface area contributed by atoms with Crippen LogP contribution < -0.4 is 5.32 Å². The van der Waals surface area contributed by atoms with Gasteiger partial charge in [0.1, 0.15) is 6.54 Å². The van der Waals surface area contributed by atoms with Crippen LogP contribution in [0.15, 0.2) is 0 Å². The van der Waals surface area contributed by atoms with Crippen molar-refractivity contribution in [3.63, 3.8) is 0 Å². The number of aliphatic carboxylic acids is 1. The largest absolute Gasteiger partial charge is 0.480 e. The molecule has 0 radical (unpaired) electrons. The summed E-state index contributed by atoms with van der Waals surface area (Å²) in [5.41, 5.74) is -0.639. The maximum absolute atomic E-state index is 12.8.